The lowest BCUT2D eigenvalue weighted by Gasteiger charge is -2.29. The summed E-state index contributed by atoms with van der Waals surface area (Å²) in [6.45, 7) is 4.66. The lowest BCUT2D eigenvalue weighted by molar-refractivity contribution is -0.130. The molecule has 7 nitrogen and oxygen atoms in total. The number of carbonyl (C=O) groups excluding carboxylic acids is 1. The number of benzene rings is 1. The SMILES string of the molecule is Cc1cnn(CCNCC(=O)N(C)CC2COc3ccccc3O2)c1. The number of amides is 1. The Hall–Kier alpha value is -2.54. The van der Waals surface area contributed by atoms with Gasteiger partial charge in [-0.1, -0.05) is 12.1 Å². The molecule has 1 aromatic heterocycles. The van der Waals surface area contributed by atoms with Gasteiger partial charge in [0, 0.05) is 19.8 Å². The van der Waals surface area contributed by atoms with Crippen molar-refractivity contribution in [3.63, 3.8) is 0 Å². The maximum absolute atomic E-state index is 12.2. The Kier molecular flexibility index (Phi) is 5.55. The van der Waals surface area contributed by atoms with Gasteiger partial charge in [-0.3, -0.25) is 9.48 Å². The van der Waals surface area contributed by atoms with Crippen LogP contribution in [0.25, 0.3) is 0 Å². The Labute approximate surface area is 147 Å². The number of fused-ring (bicyclic) bond motifs is 1. The molecule has 3 rings (SSSR count). The number of nitrogens with zero attached hydrogens (tertiary/aromatic N) is 3. The van der Waals surface area contributed by atoms with Gasteiger partial charge in [-0.15, -0.1) is 0 Å². The van der Waals surface area contributed by atoms with Crippen LogP contribution < -0.4 is 14.8 Å². The molecule has 0 saturated heterocycles. The first-order chi connectivity index (χ1) is 12.1. The van der Waals surface area contributed by atoms with Crippen LogP contribution in [0, 0.1) is 6.92 Å². The van der Waals surface area contributed by atoms with Crippen molar-refractivity contribution < 1.29 is 14.3 Å². The summed E-state index contributed by atoms with van der Waals surface area (Å²) < 4.78 is 13.4. The first-order valence-electron chi connectivity index (χ1n) is 8.44. The van der Waals surface area contributed by atoms with Gasteiger partial charge in [0.25, 0.3) is 0 Å². The molecule has 1 unspecified atom stereocenters. The van der Waals surface area contributed by atoms with Gasteiger partial charge >= 0.3 is 0 Å². The van der Waals surface area contributed by atoms with E-state index in [9.17, 15) is 4.79 Å². The van der Waals surface area contributed by atoms with Crippen molar-refractivity contribution in [1.82, 2.24) is 20.0 Å². The van der Waals surface area contributed by atoms with Gasteiger partial charge in [0.2, 0.25) is 5.91 Å². The number of likely N-dealkylation sites (N-methyl/N-ethyl adjacent to an activating group) is 1. The standard InChI is InChI=1S/C18H24N4O3/c1-14-9-20-22(11-14)8-7-19-10-18(23)21(2)12-15-13-24-16-5-3-4-6-17(16)25-15/h3-6,9,11,15,19H,7-8,10,12-13H2,1-2H3. The van der Waals surface area contributed by atoms with Crippen LogP contribution in [0.3, 0.4) is 0 Å². The smallest absolute Gasteiger partial charge is 0.236 e. The Morgan fingerprint density at radius 3 is 2.96 bits per heavy atom. The minimum absolute atomic E-state index is 0.0269. The van der Waals surface area contributed by atoms with E-state index in [4.69, 9.17) is 9.47 Å². The van der Waals surface area contributed by atoms with Gasteiger partial charge < -0.3 is 19.7 Å². The van der Waals surface area contributed by atoms with E-state index in [0.717, 1.165) is 23.6 Å². The number of aromatic nitrogens is 2. The Balaban J connectivity index is 1.38. The predicted molar refractivity (Wildman–Crippen MR) is 93.8 cm³/mol. The zero-order valence-electron chi connectivity index (χ0n) is 14.6. The van der Waals surface area contributed by atoms with Crippen molar-refractivity contribution in [3.05, 3.63) is 42.2 Å². The third-order valence-electron chi connectivity index (χ3n) is 4.03. The normalized spacial score (nSPS) is 15.8. The molecule has 2 heterocycles. The van der Waals surface area contributed by atoms with Crippen molar-refractivity contribution >= 4 is 5.91 Å². The summed E-state index contributed by atoms with van der Waals surface area (Å²) in [5.41, 5.74) is 1.13. The number of aryl methyl sites for hydroxylation is 1. The average molecular weight is 344 g/mol. The van der Waals surface area contributed by atoms with Gasteiger partial charge in [0.1, 0.15) is 6.61 Å². The second-order valence-electron chi connectivity index (χ2n) is 6.23. The highest BCUT2D eigenvalue weighted by Gasteiger charge is 2.23. The molecule has 0 saturated carbocycles. The molecule has 1 aliphatic heterocycles. The van der Waals surface area contributed by atoms with Crippen molar-refractivity contribution in [3.8, 4) is 11.5 Å². The van der Waals surface area contributed by atoms with Crippen molar-refractivity contribution in [2.75, 3.05) is 33.3 Å². The zero-order chi connectivity index (χ0) is 17.6. The van der Waals surface area contributed by atoms with Crippen LogP contribution in [0.5, 0.6) is 11.5 Å². The number of nitrogens with one attached hydrogen (secondary N) is 1. The minimum atomic E-state index is -0.157. The fourth-order valence-electron chi connectivity index (χ4n) is 2.67. The van der Waals surface area contributed by atoms with Gasteiger partial charge in [-0.25, -0.2) is 0 Å². The molecule has 1 amide bonds. The van der Waals surface area contributed by atoms with E-state index in [0.29, 0.717) is 26.2 Å². The van der Waals surface area contributed by atoms with Crippen LogP contribution in [-0.2, 0) is 11.3 Å². The number of hydrogen-bond acceptors (Lipinski definition) is 5. The summed E-state index contributed by atoms with van der Waals surface area (Å²) in [5, 5.41) is 7.37. The van der Waals surface area contributed by atoms with E-state index in [2.05, 4.69) is 10.4 Å². The number of para-hydroxylation sites is 2. The lowest BCUT2D eigenvalue weighted by Crippen LogP contribution is -2.44. The third kappa shape index (κ3) is 4.73. The zero-order valence-corrected chi connectivity index (χ0v) is 14.6. The van der Waals surface area contributed by atoms with Gasteiger partial charge in [-0.2, -0.15) is 5.10 Å². The molecule has 0 aliphatic carbocycles. The molecule has 0 bridgehead atoms. The monoisotopic (exact) mass is 344 g/mol. The second-order valence-corrected chi connectivity index (χ2v) is 6.23. The Morgan fingerprint density at radius 2 is 2.20 bits per heavy atom. The average Bonchev–Trinajstić information content (AvgIpc) is 3.03. The first kappa shape index (κ1) is 17.3. The van der Waals surface area contributed by atoms with Crippen LogP contribution in [0.1, 0.15) is 5.56 Å². The molecule has 1 aromatic carbocycles. The van der Waals surface area contributed by atoms with E-state index >= 15 is 0 Å². The summed E-state index contributed by atoms with van der Waals surface area (Å²) in [6.07, 6.45) is 3.65. The van der Waals surface area contributed by atoms with Crippen LogP contribution in [-0.4, -0.2) is 60.0 Å². The van der Waals surface area contributed by atoms with E-state index in [-0.39, 0.29) is 12.0 Å². The van der Waals surface area contributed by atoms with Crippen molar-refractivity contribution in [1.29, 1.82) is 0 Å². The summed E-state index contributed by atoms with van der Waals surface area (Å²) in [5.74, 6) is 1.51. The second kappa shape index (κ2) is 8.02. The number of carbonyl (C=O) groups is 1. The molecule has 7 heteroatoms. The molecule has 0 radical (unpaired) electrons. The number of ether oxygens (including phenoxy) is 2. The van der Waals surface area contributed by atoms with Crippen LogP contribution in [0.2, 0.25) is 0 Å². The fraction of sp³-hybridized carbons (Fsp3) is 0.444. The largest absolute Gasteiger partial charge is 0.486 e. The highest BCUT2D eigenvalue weighted by Crippen LogP contribution is 2.30. The topological polar surface area (TPSA) is 68.6 Å². The number of hydrogen-bond donors (Lipinski definition) is 1. The molecular formula is C18H24N4O3. The van der Waals surface area contributed by atoms with Gasteiger partial charge in [-0.05, 0) is 24.6 Å². The summed E-state index contributed by atoms with van der Waals surface area (Å²) in [4.78, 5) is 13.9. The summed E-state index contributed by atoms with van der Waals surface area (Å²) in [6, 6.07) is 7.58. The van der Waals surface area contributed by atoms with E-state index in [1.54, 1.807) is 11.9 Å². The molecule has 0 fully saturated rings. The first-order valence-corrected chi connectivity index (χ1v) is 8.44. The van der Waals surface area contributed by atoms with Gasteiger partial charge in [0.15, 0.2) is 17.6 Å². The highest BCUT2D eigenvalue weighted by atomic mass is 16.6. The third-order valence-corrected chi connectivity index (χ3v) is 4.03. The molecule has 2 aromatic rings. The van der Waals surface area contributed by atoms with E-state index in [1.165, 1.54) is 0 Å². The minimum Gasteiger partial charge on any atom is -0.486 e. The quantitative estimate of drug-likeness (QED) is 0.761. The lowest BCUT2D eigenvalue weighted by atomic mass is 10.2. The Bertz CT molecular complexity index is 716. The van der Waals surface area contributed by atoms with E-state index in [1.807, 2.05) is 48.3 Å². The molecule has 1 atom stereocenters. The number of rotatable bonds is 7. The predicted octanol–water partition coefficient (Wildman–Crippen LogP) is 1.08. The summed E-state index contributed by atoms with van der Waals surface area (Å²) >= 11 is 0. The van der Waals surface area contributed by atoms with Crippen LogP contribution >= 0.6 is 0 Å². The van der Waals surface area contributed by atoms with Crippen LogP contribution in [0.15, 0.2) is 36.7 Å². The molecule has 134 valence electrons. The van der Waals surface area contributed by atoms with Gasteiger partial charge in [0.05, 0.1) is 25.8 Å². The molecule has 1 aliphatic rings. The maximum atomic E-state index is 12.2. The molecule has 25 heavy (non-hydrogen) atoms. The van der Waals surface area contributed by atoms with Crippen molar-refractivity contribution in [2.45, 2.75) is 19.6 Å². The highest BCUT2D eigenvalue weighted by molar-refractivity contribution is 5.78. The van der Waals surface area contributed by atoms with Crippen LogP contribution in [0.4, 0.5) is 0 Å². The van der Waals surface area contributed by atoms with E-state index < -0.39 is 0 Å². The maximum Gasteiger partial charge on any atom is 0.236 e. The Morgan fingerprint density at radius 1 is 1.40 bits per heavy atom. The fourth-order valence-corrected chi connectivity index (χ4v) is 2.67. The molecule has 1 N–H and O–H groups in total. The van der Waals surface area contributed by atoms with Crippen molar-refractivity contribution in [2.24, 2.45) is 0 Å². The molecule has 0 spiro atoms. The molecular weight excluding hydrogens is 320 g/mol. The summed E-state index contributed by atoms with van der Waals surface area (Å²) in [7, 11) is 1.78.